The number of ether oxygens (including phenoxy) is 1. The first-order chi connectivity index (χ1) is 15.8. The van der Waals surface area contributed by atoms with E-state index in [4.69, 9.17) is 16.3 Å². The largest absolute Gasteiger partial charge is 0.454 e. The molecule has 0 aromatic heterocycles. The van der Waals surface area contributed by atoms with Gasteiger partial charge in [0.2, 0.25) is 11.8 Å². The molecule has 1 N–H and O–H groups in total. The van der Waals surface area contributed by atoms with Crippen molar-refractivity contribution >= 4 is 72.8 Å². The predicted octanol–water partition coefficient (Wildman–Crippen LogP) is 4.01. The summed E-state index contributed by atoms with van der Waals surface area (Å²) in [6.45, 7) is 0.497. The number of alkyl halides is 5. The molecule has 2 aliphatic carbocycles. The van der Waals surface area contributed by atoms with E-state index in [0.29, 0.717) is 6.07 Å². The molecule has 1 aromatic carbocycles. The molecule has 3 fully saturated rings. The molecule has 7 atom stereocenters. The lowest BCUT2D eigenvalue weighted by Crippen LogP contribution is -2.45. The highest BCUT2D eigenvalue weighted by molar-refractivity contribution is 9.12. The van der Waals surface area contributed by atoms with Crippen LogP contribution in [0, 0.1) is 23.7 Å². The fourth-order valence-electron chi connectivity index (χ4n) is 5.10. The lowest BCUT2D eigenvalue weighted by Gasteiger charge is -2.28. The number of halogens is 6. The second kappa shape index (κ2) is 9.09. The number of carbonyl (C=O) groups is 4. The summed E-state index contributed by atoms with van der Waals surface area (Å²) in [4.78, 5) is 51.6. The maximum atomic E-state index is 13.0. The van der Waals surface area contributed by atoms with Crippen molar-refractivity contribution in [3.05, 3.63) is 28.8 Å². The monoisotopic (exact) mass is 628 g/mol. The maximum absolute atomic E-state index is 13.0. The summed E-state index contributed by atoms with van der Waals surface area (Å²) in [5.74, 6) is -3.83. The fourth-order valence-corrected chi connectivity index (χ4v) is 7.14. The summed E-state index contributed by atoms with van der Waals surface area (Å²) in [5.41, 5.74) is -1.31. The van der Waals surface area contributed by atoms with Gasteiger partial charge in [-0.2, -0.15) is 13.2 Å². The van der Waals surface area contributed by atoms with E-state index in [-0.39, 0.29) is 32.2 Å². The van der Waals surface area contributed by atoms with Crippen LogP contribution < -0.4 is 5.32 Å². The molecule has 2 bridgehead atoms. The second-order valence-corrected chi connectivity index (χ2v) is 11.1. The van der Waals surface area contributed by atoms with Gasteiger partial charge in [0.05, 0.1) is 28.1 Å². The Morgan fingerprint density at radius 1 is 1.18 bits per heavy atom. The zero-order valence-corrected chi connectivity index (χ0v) is 21.4. The highest BCUT2D eigenvalue weighted by Crippen LogP contribution is 2.60. The number of hydrogen-bond acceptors (Lipinski definition) is 5. The van der Waals surface area contributed by atoms with E-state index in [1.54, 1.807) is 0 Å². The minimum absolute atomic E-state index is 0.0213. The molecule has 4 rings (SSSR count). The number of esters is 1. The summed E-state index contributed by atoms with van der Waals surface area (Å²) in [5, 5.41) is 2.03. The highest BCUT2D eigenvalue weighted by Gasteiger charge is 2.67. The molecule has 3 amide bonds. The lowest BCUT2D eigenvalue weighted by molar-refractivity contribution is -0.159. The number of carbonyl (C=O) groups excluding carboxylic acids is 4. The SMILES string of the molecule is C[C@H](C(=O)OCC(=O)Nc1cc(C(F)(F)F)ccc1Cl)N1C(=O)[C@@H]2[C@H]3C[C@@H]([C@H](Br)[C@@H]3Br)[C@@H]2C1=O. The van der Waals surface area contributed by atoms with Crippen molar-refractivity contribution in [2.24, 2.45) is 23.7 Å². The van der Waals surface area contributed by atoms with Gasteiger partial charge in [0.25, 0.3) is 5.91 Å². The third kappa shape index (κ3) is 4.26. The Kier molecular flexibility index (Phi) is 6.80. The Labute approximate surface area is 213 Å². The van der Waals surface area contributed by atoms with Gasteiger partial charge >= 0.3 is 12.1 Å². The van der Waals surface area contributed by atoms with Crippen LogP contribution >= 0.6 is 43.5 Å². The first-order valence-corrected chi connectivity index (χ1v) is 12.5. The van der Waals surface area contributed by atoms with Gasteiger partial charge in [0.1, 0.15) is 6.04 Å². The number of nitrogens with zero attached hydrogens (tertiary/aromatic N) is 1. The van der Waals surface area contributed by atoms with E-state index < -0.39 is 59.9 Å². The van der Waals surface area contributed by atoms with Crippen LogP contribution in [0.1, 0.15) is 18.9 Å². The molecular weight excluding hydrogens is 612 g/mol. The number of hydrogen-bond donors (Lipinski definition) is 1. The molecule has 0 radical (unpaired) electrons. The summed E-state index contributed by atoms with van der Waals surface area (Å²) in [7, 11) is 0. The number of amides is 3. The van der Waals surface area contributed by atoms with Crippen molar-refractivity contribution in [1.82, 2.24) is 4.90 Å². The normalized spacial score (nSPS) is 31.0. The fraction of sp³-hybridized carbons (Fsp3) is 0.524. The average Bonchev–Trinajstić information content (AvgIpc) is 3.37. The summed E-state index contributed by atoms with van der Waals surface area (Å²) >= 11 is 13.0. The van der Waals surface area contributed by atoms with Crippen LogP contribution in [0.2, 0.25) is 5.02 Å². The zero-order valence-electron chi connectivity index (χ0n) is 17.4. The minimum Gasteiger partial charge on any atom is -0.454 e. The van der Waals surface area contributed by atoms with Gasteiger partial charge in [-0.1, -0.05) is 43.5 Å². The first-order valence-electron chi connectivity index (χ1n) is 10.3. The molecule has 7 nitrogen and oxygen atoms in total. The minimum atomic E-state index is -4.64. The van der Waals surface area contributed by atoms with E-state index in [2.05, 4.69) is 37.2 Å². The van der Waals surface area contributed by atoms with Crippen molar-refractivity contribution in [2.75, 3.05) is 11.9 Å². The third-order valence-electron chi connectivity index (χ3n) is 6.66. The van der Waals surface area contributed by atoms with Crippen molar-refractivity contribution in [1.29, 1.82) is 0 Å². The molecule has 0 spiro atoms. The quantitative estimate of drug-likeness (QED) is 0.302. The van der Waals surface area contributed by atoms with Gasteiger partial charge in [0, 0.05) is 9.65 Å². The van der Waals surface area contributed by atoms with E-state index in [9.17, 15) is 32.3 Å². The number of benzene rings is 1. The third-order valence-corrected chi connectivity index (χ3v) is 10.2. The van der Waals surface area contributed by atoms with Gasteiger partial charge in [-0.05, 0) is 43.4 Å². The number of anilines is 1. The number of nitrogens with one attached hydrogen (secondary N) is 1. The summed E-state index contributed by atoms with van der Waals surface area (Å²) < 4.78 is 43.6. The van der Waals surface area contributed by atoms with Crippen LogP contribution in [0.5, 0.6) is 0 Å². The van der Waals surface area contributed by atoms with Crippen molar-refractivity contribution in [2.45, 2.75) is 35.2 Å². The molecule has 1 heterocycles. The molecule has 2 saturated carbocycles. The molecule has 34 heavy (non-hydrogen) atoms. The van der Waals surface area contributed by atoms with Gasteiger partial charge in [-0.3, -0.25) is 19.3 Å². The topological polar surface area (TPSA) is 92.8 Å². The van der Waals surface area contributed by atoms with Crippen molar-refractivity contribution < 1.29 is 37.1 Å². The first kappa shape index (κ1) is 25.4. The van der Waals surface area contributed by atoms with E-state index in [0.717, 1.165) is 23.5 Å². The van der Waals surface area contributed by atoms with Crippen molar-refractivity contribution in [3.8, 4) is 0 Å². The number of fused-ring (bicyclic) bond motifs is 5. The molecule has 184 valence electrons. The van der Waals surface area contributed by atoms with Gasteiger partial charge < -0.3 is 10.1 Å². The summed E-state index contributed by atoms with van der Waals surface area (Å²) in [6.07, 6.45) is -3.90. The van der Waals surface area contributed by atoms with Gasteiger partial charge in [-0.15, -0.1) is 0 Å². The number of rotatable bonds is 5. The molecule has 1 saturated heterocycles. The molecule has 1 aliphatic heterocycles. The number of imide groups is 1. The molecule has 0 unspecified atom stereocenters. The van der Waals surface area contributed by atoms with Crippen LogP contribution in [-0.2, 0) is 30.1 Å². The zero-order chi connectivity index (χ0) is 25.1. The lowest BCUT2D eigenvalue weighted by atomic mass is 9.81. The van der Waals surface area contributed by atoms with Gasteiger partial charge in [-0.25, -0.2) is 4.79 Å². The Morgan fingerprint density at radius 3 is 2.26 bits per heavy atom. The summed E-state index contributed by atoms with van der Waals surface area (Å²) in [6, 6.07) is 1.16. The van der Waals surface area contributed by atoms with Crippen LogP contribution in [0.15, 0.2) is 18.2 Å². The van der Waals surface area contributed by atoms with Crippen LogP contribution in [0.4, 0.5) is 18.9 Å². The Bertz CT molecular complexity index is 1040. The van der Waals surface area contributed by atoms with E-state index in [1.165, 1.54) is 6.92 Å². The molecule has 3 aliphatic rings. The Morgan fingerprint density at radius 2 is 1.74 bits per heavy atom. The average molecular weight is 631 g/mol. The smallest absolute Gasteiger partial charge is 0.416 e. The van der Waals surface area contributed by atoms with Crippen LogP contribution in [0.3, 0.4) is 0 Å². The predicted molar refractivity (Wildman–Crippen MR) is 121 cm³/mol. The number of likely N-dealkylation sites (tertiary alicyclic amines) is 1. The standard InChI is InChI=1S/C21H18Br2ClF3N2O5/c1-7(29-18(31)14-9-5-10(15(14)19(29)32)17(23)16(9)22)20(33)34-6-13(30)28-12-4-8(21(25,26)27)2-3-11(12)24/h2-4,7,9-10,14-17H,5-6H2,1H3,(H,28,30)/t7-,9-,10-,14-,15+,16-,17+/m1/s1. The van der Waals surface area contributed by atoms with Crippen molar-refractivity contribution in [3.63, 3.8) is 0 Å². The Hall–Kier alpha value is -1.66. The van der Waals surface area contributed by atoms with Gasteiger partial charge in [0.15, 0.2) is 6.61 Å². The maximum Gasteiger partial charge on any atom is 0.416 e. The molecular formula is C21H18Br2ClF3N2O5. The molecule has 13 heteroatoms. The van der Waals surface area contributed by atoms with E-state index in [1.807, 2.05) is 0 Å². The second-order valence-electron chi connectivity index (χ2n) is 8.57. The van der Waals surface area contributed by atoms with E-state index >= 15 is 0 Å². The highest BCUT2D eigenvalue weighted by atomic mass is 79.9. The Balaban J connectivity index is 1.37. The molecule has 1 aromatic rings. The van der Waals surface area contributed by atoms with Crippen LogP contribution in [-0.4, -0.2) is 50.9 Å². The van der Waals surface area contributed by atoms with Crippen LogP contribution in [0.25, 0.3) is 0 Å².